The van der Waals surface area contributed by atoms with Crippen LogP contribution in [0.2, 0.25) is 5.15 Å². The number of amides is 1. The van der Waals surface area contributed by atoms with Gasteiger partial charge >= 0.3 is 0 Å². The van der Waals surface area contributed by atoms with Crippen LogP contribution in [-0.2, 0) is 4.79 Å². The Labute approximate surface area is 161 Å². The first-order valence-electron chi connectivity index (χ1n) is 8.33. The number of hydrogen-bond donors (Lipinski definition) is 0. The number of hydrogen-bond acceptors (Lipinski definition) is 4. The number of anilines is 1. The Morgan fingerprint density at radius 3 is 2.67 bits per heavy atom. The summed E-state index contributed by atoms with van der Waals surface area (Å²) in [5.74, 6) is -1.03. The molecule has 3 heterocycles. The molecule has 0 bridgehead atoms. The predicted molar refractivity (Wildman–Crippen MR) is 105 cm³/mol. The number of carbonyl (C=O) groups excluding carboxylic acids is 2. The van der Waals surface area contributed by atoms with Crippen LogP contribution in [0.5, 0.6) is 0 Å². The lowest BCUT2D eigenvalue weighted by Gasteiger charge is -2.14. The minimum absolute atomic E-state index is 0.273. The second-order valence-electron chi connectivity index (χ2n) is 6.00. The molecular weight excluding hydrogens is 362 g/mol. The Balaban J connectivity index is 1.61. The van der Waals surface area contributed by atoms with Crippen molar-refractivity contribution in [3.63, 3.8) is 0 Å². The van der Waals surface area contributed by atoms with Gasteiger partial charge in [0.25, 0.3) is 11.7 Å². The number of ketones is 1. The summed E-state index contributed by atoms with van der Waals surface area (Å²) < 4.78 is 0. The van der Waals surface area contributed by atoms with Gasteiger partial charge in [-0.15, -0.1) is 0 Å². The molecule has 0 saturated heterocycles. The van der Waals surface area contributed by atoms with Crippen molar-refractivity contribution >= 4 is 35.1 Å². The van der Waals surface area contributed by atoms with E-state index >= 15 is 0 Å². The molecular formula is C21H14ClN3O2. The fraction of sp³-hybridized carbons (Fsp3) is 0.0476. The largest absolute Gasteiger partial charge is 0.301 e. The van der Waals surface area contributed by atoms with Gasteiger partial charge in [0, 0.05) is 36.3 Å². The maximum absolute atomic E-state index is 12.4. The average Bonchev–Trinajstić information content (AvgIpc) is 2.94. The highest BCUT2D eigenvalue weighted by Crippen LogP contribution is 2.32. The maximum atomic E-state index is 12.4. The van der Waals surface area contributed by atoms with Gasteiger partial charge in [-0.05, 0) is 29.8 Å². The Morgan fingerprint density at radius 2 is 1.89 bits per heavy atom. The van der Waals surface area contributed by atoms with E-state index in [2.05, 4.69) is 9.97 Å². The molecule has 132 valence electrons. The van der Waals surface area contributed by atoms with Crippen molar-refractivity contribution < 1.29 is 9.59 Å². The number of benzene rings is 1. The fourth-order valence-corrected chi connectivity index (χ4v) is 3.19. The fourth-order valence-electron chi connectivity index (χ4n) is 3.00. The zero-order valence-corrected chi connectivity index (χ0v) is 14.9. The summed E-state index contributed by atoms with van der Waals surface area (Å²) in [7, 11) is 0. The third kappa shape index (κ3) is 3.25. The first-order chi connectivity index (χ1) is 13.1. The number of aromatic nitrogens is 2. The quantitative estimate of drug-likeness (QED) is 0.510. The van der Waals surface area contributed by atoms with Crippen LogP contribution in [-0.4, -0.2) is 28.2 Å². The van der Waals surface area contributed by atoms with Gasteiger partial charge in [-0.3, -0.25) is 14.6 Å². The van der Waals surface area contributed by atoms with E-state index in [1.807, 2.05) is 24.3 Å². The van der Waals surface area contributed by atoms with Gasteiger partial charge in [0.1, 0.15) is 5.15 Å². The molecule has 0 atom stereocenters. The lowest BCUT2D eigenvalue weighted by atomic mass is 10.0. The van der Waals surface area contributed by atoms with E-state index in [-0.39, 0.29) is 6.54 Å². The monoisotopic (exact) mass is 375 g/mol. The van der Waals surface area contributed by atoms with E-state index in [0.717, 1.165) is 16.7 Å². The minimum Gasteiger partial charge on any atom is -0.301 e. The van der Waals surface area contributed by atoms with Crippen molar-refractivity contribution in [2.45, 2.75) is 0 Å². The Kier molecular flexibility index (Phi) is 4.52. The number of rotatable bonds is 4. The smallest absolute Gasteiger partial charge is 0.299 e. The summed E-state index contributed by atoms with van der Waals surface area (Å²) in [6, 6.07) is 12.8. The van der Waals surface area contributed by atoms with E-state index in [4.69, 9.17) is 11.6 Å². The second-order valence-corrected chi connectivity index (χ2v) is 6.36. The van der Waals surface area contributed by atoms with E-state index in [1.165, 1.54) is 4.90 Å². The Morgan fingerprint density at radius 1 is 1.04 bits per heavy atom. The summed E-state index contributed by atoms with van der Waals surface area (Å²) in [6.07, 6.45) is 8.60. The highest BCUT2D eigenvalue weighted by Gasteiger charge is 2.35. The number of carbonyl (C=O) groups is 2. The van der Waals surface area contributed by atoms with Crippen molar-refractivity contribution in [1.29, 1.82) is 0 Å². The SMILES string of the molecule is O=C1C(=O)N(C/C=C/c2cccnc2Cl)c2ccc(-c3cccnc3)cc21. The van der Waals surface area contributed by atoms with E-state index in [0.29, 0.717) is 16.4 Å². The van der Waals surface area contributed by atoms with Crippen LogP contribution in [0.15, 0.2) is 67.1 Å². The number of fused-ring (bicyclic) bond motifs is 1. The normalized spacial score (nSPS) is 13.4. The van der Waals surface area contributed by atoms with Crippen LogP contribution in [0.4, 0.5) is 5.69 Å². The van der Waals surface area contributed by atoms with Crippen LogP contribution in [0.3, 0.4) is 0 Å². The molecule has 2 aromatic heterocycles. The first-order valence-corrected chi connectivity index (χ1v) is 8.70. The molecule has 1 aliphatic rings. The van der Waals surface area contributed by atoms with E-state index in [1.54, 1.807) is 48.9 Å². The number of nitrogens with zero attached hydrogens (tertiary/aromatic N) is 3. The van der Waals surface area contributed by atoms with Crippen molar-refractivity contribution in [2.24, 2.45) is 0 Å². The van der Waals surface area contributed by atoms with Gasteiger partial charge in [0.2, 0.25) is 0 Å². The highest BCUT2D eigenvalue weighted by atomic mass is 35.5. The van der Waals surface area contributed by atoms with Crippen molar-refractivity contribution in [3.8, 4) is 11.1 Å². The second kappa shape index (κ2) is 7.13. The molecule has 0 N–H and O–H groups in total. The van der Waals surface area contributed by atoms with E-state index in [9.17, 15) is 9.59 Å². The van der Waals surface area contributed by atoms with Gasteiger partial charge in [-0.25, -0.2) is 4.98 Å². The summed E-state index contributed by atoms with van der Waals surface area (Å²) >= 11 is 6.03. The van der Waals surface area contributed by atoms with Gasteiger partial charge in [-0.2, -0.15) is 0 Å². The number of halogens is 1. The zero-order valence-electron chi connectivity index (χ0n) is 14.2. The van der Waals surface area contributed by atoms with Gasteiger partial charge in [-0.1, -0.05) is 42.0 Å². The summed E-state index contributed by atoms with van der Waals surface area (Å²) in [5, 5.41) is 0.388. The average molecular weight is 376 g/mol. The Bertz CT molecular complexity index is 1060. The summed E-state index contributed by atoms with van der Waals surface area (Å²) in [6.45, 7) is 0.273. The molecule has 3 aromatic rings. The van der Waals surface area contributed by atoms with Gasteiger partial charge < -0.3 is 4.90 Å². The van der Waals surface area contributed by atoms with Gasteiger partial charge in [0.15, 0.2) is 0 Å². The lowest BCUT2D eigenvalue weighted by Crippen LogP contribution is -2.29. The molecule has 0 spiro atoms. The number of Topliss-reactive ketones (excluding diaryl/α,β-unsaturated/α-hetero) is 1. The van der Waals surface area contributed by atoms with Gasteiger partial charge in [0.05, 0.1) is 11.3 Å². The summed E-state index contributed by atoms with van der Waals surface area (Å²) in [4.78, 5) is 34.4. The van der Waals surface area contributed by atoms with Crippen LogP contribution < -0.4 is 4.90 Å². The van der Waals surface area contributed by atoms with Crippen LogP contribution in [0, 0.1) is 0 Å². The zero-order chi connectivity index (χ0) is 18.8. The van der Waals surface area contributed by atoms with Crippen LogP contribution in [0.25, 0.3) is 17.2 Å². The molecule has 0 unspecified atom stereocenters. The molecule has 0 saturated carbocycles. The molecule has 1 aliphatic heterocycles. The van der Waals surface area contributed by atoms with Crippen LogP contribution >= 0.6 is 11.6 Å². The molecule has 0 aliphatic carbocycles. The third-order valence-corrected chi connectivity index (χ3v) is 4.66. The lowest BCUT2D eigenvalue weighted by molar-refractivity contribution is -0.114. The van der Waals surface area contributed by atoms with Crippen molar-refractivity contribution in [1.82, 2.24) is 9.97 Å². The van der Waals surface area contributed by atoms with Crippen molar-refractivity contribution in [3.05, 3.63) is 83.4 Å². The molecule has 1 amide bonds. The van der Waals surface area contributed by atoms with Crippen LogP contribution in [0.1, 0.15) is 15.9 Å². The third-order valence-electron chi connectivity index (χ3n) is 4.34. The number of pyridine rings is 2. The standard InChI is InChI=1S/C21H14ClN3O2/c22-20-14(4-2-10-24-20)6-3-11-25-18-8-7-15(16-5-1-9-23-13-16)12-17(18)19(26)21(25)27/h1-10,12-13H,11H2/b6-3+. The highest BCUT2D eigenvalue weighted by molar-refractivity contribution is 6.52. The molecule has 27 heavy (non-hydrogen) atoms. The topological polar surface area (TPSA) is 63.2 Å². The van der Waals surface area contributed by atoms with Crippen molar-refractivity contribution in [2.75, 3.05) is 11.4 Å². The Hall–Kier alpha value is -3.31. The summed E-state index contributed by atoms with van der Waals surface area (Å²) in [5.41, 5.74) is 3.52. The molecule has 1 aromatic carbocycles. The maximum Gasteiger partial charge on any atom is 0.299 e. The predicted octanol–water partition coefficient (Wildman–Crippen LogP) is 4.04. The molecule has 0 radical (unpaired) electrons. The molecule has 0 fully saturated rings. The molecule has 5 nitrogen and oxygen atoms in total. The molecule has 6 heteroatoms. The molecule has 4 rings (SSSR count). The first kappa shape index (κ1) is 17.1. The van der Waals surface area contributed by atoms with E-state index < -0.39 is 11.7 Å². The minimum atomic E-state index is -0.532.